The highest BCUT2D eigenvalue weighted by Crippen LogP contribution is 2.36. The maximum atomic E-state index is 6.22. The number of furan rings is 1. The smallest absolute Gasteiger partial charge is 0.177 e. The summed E-state index contributed by atoms with van der Waals surface area (Å²) >= 11 is 0. The zero-order chi connectivity index (χ0) is 17.2. The summed E-state index contributed by atoms with van der Waals surface area (Å²) in [7, 11) is 0. The monoisotopic (exact) mass is 330 g/mol. The Labute approximate surface area is 147 Å². The molecule has 0 saturated carbocycles. The van der Waals surface area contributed by atoms with Crippen molar-refractivity contribution in [2.24, 2.45) is 0 Å². The van der Waals surface area contributed by atoms with Gasteiger partial charge in [0.05, 0.1) is 5.52 Å². The van der Waals surface area contributed by atoms with Crippen molar-refractivity contribution in [1.82, 2.24) is 4.98 Å². The molecule has 25 heavy (non-hydrogen) atoms. The highest BCUT2D eigenvalue weighted by Gasteiger charge is 2.19. The SMILES string of the molecule is CCCCc1oc2c(N)nc3ccccc3c2c1Cc1ccccc1. The van der Waals surface area contributed by atoms with Gasteiger partial charge in [-0.25, -0.2) is 4.98 Å². The molecule has 0 aliphatic heterocycles. The lowest BCUT2D eigenvalue weighted by Gasteiger charge is -2.06. The van der Waals surface area contributed by atoms with E-state index in [1.165, 1.54) is 11.1 Å². The molecule has 0 radical (unpaired) electrons. The first-order chi connectivity index (χ1) is 12.3. The van der Waals surface area contributed by atoms with Crippen molar-refractivity contribution in [3.05, 3.63) is 71.5 Å². The Morgan fingerprint density at radius 1 is 1.00 bits per heavy atom. The molecule has 2 N–H and O–H groups in total. The van der Waals surface area contributed by atoms with Gasteiger partial charge in [0.2, 0.25) is 0 Å². The number of aromatic nitrogens is 1. The Hall–Kier alpha value is -2.81. The zero-order valence-electron chi connectivity index (χ0n) is 14.5. The average molecular weight is 330 g/mol. The third-order valence-electron chi connectivity index (χ3n) is 4.72. The third-order valence-corrected chi connectivity index (χ3v) is 4.72. The molecule has 4 rings (SSSR count). The molecule has 0 spiro atoms. The first-order valence-electron chi connectivity index (χ1n) is 8.90. The lowest BCUT2D eigenvalue weighted by atomic mass is 9.98. The van der Waals surface area contributed by atoms with Crippen molar-refractivity contribution >= 4 is 27.7 Å². The fourth-order valence-electron chi connectivity index (χ4n) is 3.47. The number of nitrogens with zero attached hydrogens (tertiary/aromatic N) is 1. The number of para-hydroxylation sites is 1. The van der Waals surface area contributed by atoms with Crippen molar-refractivity contribution in [3.8, 4) is 0 Å². The third kappa shape index (κ3) is 2.86. The Morgan fingerprint density at radius 3 is 2.56 bits per heavy atom. The molecule has 2 heterocycles. The molecule has 0 bridgehead atoms. The standard InChI is InChI=1S/C22H22N2O/c1-2-3-13-19-17(14-15-9-5-4-6-10-15)20-16-11-7-8-12-18(16)24-22(23)21(20)25-19/h4-12H,2-3,13-14H2,1H3,(H2,23,24). The van der Waals surface area contributed by atoms with Crippen LogP contribution in [0.15, 0.2) is 59.0 Å². The number of benzene rings is 2. The van der Waals surface area contributed by atoms with Gasteiger partial charge in [0, 0.05) is 29.2 Å². The van der Waals surface area contributed by atoms with E-state index >= 15 is 0 Å². The van der Waals surface area contributed by atoms with Gasteiger partial charge in [0.25, 0.3) is 0 Å². The first kappa shape index (κ1) is 15.7. The van der Waals surface area contributed by atoms with Gasteiger partial charge >= 0.3 is 0 Å². The maximum Gasteiger partial charge on any atom is 0.177 e. The van der Waals surface area contributed by atoms with Crippen LogP contribution in [0.3, 0.4) is 0 Å². The van der Waals surface area contributed by atoms with Gasteiger partial charge in [-0.15, -0.1) is 0 Å². The minimum atomic E-state index is 0.478. The van der Waals surface area contributed by atoms with Gasteiger partial charge < -0.3 is 10.2 Å². The van der Waals surface area contributed by atoms with Crippen LogP contribution in [0.2, 0.25) is 0 Å². The summed E-state index contributed by atoms with van der Waals surface area (Å²) in [6.45, 7) is 2.20. The molecule has 3 nitrogen and oxygen atoms in total. The Morgan fingerprint density at radius 2 is 1.76 bits per heavy atom. The zero-order valence-corrected chi connectivity index (χ0v) is 14.5. The molecule has 2 aromatic carbocycles. The van der Waals surface area contributed by atoms with E-state index in [2.05, 4.69) is 42.2 Å². The molecule has 0 aliphatic carbocycles. The van der Waals surface area contributed by atoms with E-state index in [4.69, 9.17) is 10.2 Å². The van der Waals surface area contributed by atoms with E-state index in [-0.39, 0.29) is 0 Å². The van der Waals surface area contributed by atoms with Crippen molar-refractivity contribution in [1.29, 1.82) is 0 Å². The van der Waals surface area contributed by atoms with Gasteiger partial charge in [-0.05, 0) is 18.1 Å². The largest absolute Gasteiger partial charge is 0.457 e. The number of rotatable bonds is 5. The molecule has 0 amide bonds. The number of anilines is 1. The number of fused-ring (bicyclic) bond motifs is 3. The molecule has 2 aromatic heterocycles. The van der Waals surface area contributed by atoms with Gasteiger partial charge in [0.1, 0.15) is 5.76 Å². The van der Waals surface area contributed by atoms with E-state index in [0.717, 1.165) is 53.3 Å². The van der Waals surface area contributed by atoms with Crippen LogP contribution in [0.25, 0.3) is 21.9 Å². The van der Waals surface area contributed by atoms with E-state index in [0.29, 0.717) is 5.82 Å². The van der Waals surface area contributed by atoms with E-state index in [1.807, 2.05) is 24.3 Å². The Bertz CT molecular complexity index is 1020. The number of aryl methyl sites for hydroxylation is 1. The van der Waals surface area contributed by atoms with E-state index in [1.54, 1.807) is 0 Å². The van der Waals surface area contributed by atoms with Crippen LogP contribution in [0.1, 0.15) is 36.7 Å². The highest BCUT2D eigenvalue weighted by molar-refractivity contribution is 6.09. The Kier molecular flexibility index (Phi) is 4.14. The molecule has 0 fully saturated rings. The number of hydrogen-bond acceptors (Lipinski definition) is 3. The highest BCUT2D eigenvalue weighted by atomic mass is 16.3. The molecule has 0 atom stereocenters. The van der Waals surface area contributed by atoms with Crippen LogP contribution in [0.4, 0.5) is 5.82 Å². The van der Waals surface area contributed by atoms with Crippen LogP contribution in [-0.4, -0.2) is 4.98 Å². The van der Waals surface area contributed by atoms with Crippen LogP contribution in [-0.2, 0) is 12.8 Å². The summed E-state index contributed by atoms with van der Waals surface area (Å²) in [5, 5.41) is 2.24. The van der Waals surface area contributed by atoms with Gasteiger partial charge in [0.15, 0.2) is 11.4 Å². The van der Waals surface area contributed by atoms with Crippen molar-refractivity contribution in [3.63, 3.8) is 0 Å². The minimum absolute atomic E-state index is 0.478. The molecular weight excluding hydrogens is 308 g/mol. The quantitative estimate of drug-likeness (QED) is 0.526. The van der Waals surface area contributed by atoms with Gasteiger partial charge in [-0.2, -0.15) is 0 Å². The second-order valence-electron chi connectivity index (χ2n) is 6.49. The molecule has 0 aliphatic rings. The molecule has 4 aromatic rings. The first-order valence-corrected chi connectivity index (χ1v) is 8.90. The molecule has 0 unspecified atom stereocenters. The predicted molar refractivity (Wildman–Crippen MR) is 104 cm³/mol. The Balaban J connectivity index is 1.98. The van der Waals surface area contributed by atoms with Crippen molar-refractivity contribution < 1.29 is 4.42 Å². The van der Waals surface area contributed by atoms with Crippen LogP contribution < -0.4 is 5.73 Å². The summed E-state index contributed by atoms with van der Waals surface area (Å²) in [6, 6.07) is 18.7. The average Bonchev–Trinajstić information content (AvgIpc) is 3.00. The van der Waals surface area contributed by atoms with E-state index < -0.39 is 0 Å². The maximum absolute atomic E-state index is 6.22. The number of pyridine rings is 1. The summed E-state index contributed by atoms with van der Waals surface area (Å²) < 4.78 is 6.22. The summed E-state index contributed by atoms with van der Waals surface area (Å²) in [4.78, 5) is 4.53. The van der Waals surface area contributed by atoms with Gasteiger partial charge in [-0.3, -0.25) is 0 Å². The number of nitrogen functional groups attached to an aromatic ring is 1. The summed E-state index contributed by atoms with van der Waals surface area (Å²) in [5.74, 6) is 1.52. The van der Waals surface area contributed by atoms with Crippen LogP contribution in [0.5, 0.6) is 0 Å². The second-order valence-corrected chi connectivity index (χ2v) is 6.49. The molecule has 3 heteroatoms. The predicted octanol–water partition coefficient (Wildman–Crippen LogP) is 5.50. The van der Waals surface area contributed by atoms with Crippen molar-refractivity contribution in [2.45, 2.75) is 32.6 Å². The summed E-state index contributed by atoms with van der Waals surface area (Å²) in [6.07, 6.45) is 4.02. The number of nitrogens with two attached hydrogens (primary N) is 1. The van der Waals surface area contributed by atoms with Crippen LogP contribution >= 0.6 is 0 Å². The molecule has 0 saturated heterocycles. The summed E-state index contributed by atoms with van der Waals surface area (Å²) in [5.41, 5.74) is 10.4. The van der Waals surface area contributed by atoms with Gasteiger partial charge in [-0.1, -0.05) is 61.9 Å². The molecule has 126 valence electrons. The fraction of sp³-hybridized carbons (Fsp3) is 0.227. The van der Waals surface area contributed by atoms with E-state index in [9.17, 15) is 0 Å². The second kappa shape index (κ2) is 6.60. The lowest BCUT2D eigenvalue weighted by molar-refractivity contribution is 0.531. The van der Waals surface area contributed by atoms with Crippen LogP contribution in [0, 0.1) is 0 Å². The van der Waals surface area contributed by atoms with Crippen molar-refractivity contribution in [2.75, 3.05) is 5.73 Å². The molecular formula is C22H22N2O. The fourth-order valence-corrected chi connectivity index (χ4v) is 3.47. The lowest BCUT2D eigenvalue weighted by Crippen LogP contribution is -1.95. The number of hydrogen-bond donors (Lipinski definition) is 1. The minimum Gasteiger partial charge on any atom is -0.457 e. The normalized spacial score (nSPS) is 11.4. The number of unbranched alkanes of at least 4 members (excludes halogenated alkanes) is 1. The topological polar surface area (TPSA) is 52.0 Å².